The van der Waals surface area contributed by atoms with Crippen molar-refractivity contribution in [3.63, 3.8) is 0 Å². The van der Waals surface area contributed by atoms with Crippen LogP contribution >= 0.6 is 0 Å². The van der Waals surface area contributed by atoms with Gasteiger partial charge in [0, 0.05) is 24.3 Å². The zero-order valence-electron chi connectivity index (χ0n) is 13.0. The minimum absolute atomic E-state index is 0.0725. The first-order chi connectivity index (χ1) is 10.1. The zero-order valence-corrected chi connectivity index (χ0v) is 13.0. The van der Waals surface area contributed by atoms with Gasteiger partial charge in [-0.3, -0.25) is 0 Å². The second-order valence-electron chi connectivity index (χ2n) is 6.10. The highest BCUT2D eigenvalue weighted by Gasteiger charge is 2.24. The van der Waals surface area contributed by atoms with Gasteiger partial charge in [0.25, 0.3) is 0 Å². The van der Waals surface area contributed by atoms with E-state index in [1.54, 1.807) is 0 Å². The molecule has 116 valence electrons. The van der Waals surface area contributed by atoms with E-state index in [2.05, 4.69) is 16.7 Å². The Hall–Kier alpha value is -1.55. The molecule has 2 atom stereocenters. The van der Waals surface area contributed by atoms with E-state index in [-0.39, 0.29) is 24.6 Å². The maximum atomic E-state index is 12.2. The topological polar surface area (TPSA) is 61.4 Å². The molecule has 0 saturated heterocycles. The van der Waals surface area contributed by atoms with Gasteiger partial charge in [-0.2, -0.15) is 0 Å². The summed E-state index contributed by atoms with van der Waals surface area (Å²) in [5.41, 5.74) is 3.08. The number of nitrogens with one attached hydrogen (secondary N) is 2. The number of hydrogen-bond acceptors (Lipinski definition) is 2. The molecule has 1 aliphatic carbocycles. The molecule has 4 nitrogen and oxygen atoms in total. The SMILES string of the molecule is Cc1ccc(NC(=O)NC2CCCCCC2CO)c(C)c1. The molecule has 3 N–H and O–H groups in total. The third-order valence-electron chi connectivity index (χ3n) is 4.34. The second kappa shape index (κ2) is 7.46. The van der Waals surface area contributed by atoms with E-state index in [9.17, 15) is 9.90 Å². The largest absolute Gasteiger partial charge is 0.396 e. The van der Waals surface area contributed by atoms with Gasteiger partial charge in [-0.05, 0) is 38.3 Å². The van der Waals surface area contributed by atoms with E-state index >= 15 is 0 Å². The number of rotatable bonds is 3. The summed E-state index contributed by atoms with van der Waals surface area (Å²) in [6, 6.07) is 5.87. The summed E-state index contributed by atoms with van der Waals surface area (Å²) in [6.07, 6.45) is 5.39. The lowest BCUT2D eigenvalue weighted by molar-refractivity contribution is 0.182. The number of benzene rings is 1. The molecule has 2 rings (SSSR count). The van der Waals surface area contributed by atoms with Crippen molar-refractivity contribution in [3.05, 3.63) is 29.3 Å². The lowest BCUT2D eigenvalue weighted by Crippen LogP contribution is -2.43. The molecule has 0 aromatic heterocycles. The van der Waals surface area contributed by atoms with Crippen molar-refractivity contribution in [2.45, 2.75) is 52.0 Å². The number of amides is 2. The number of hydrogen-bond donors (Lipinski definition) is 3. The molecule has 0 spiro atoms. The van der Waals surface area contributed by atoms with Crippen LogP contribution in [0.15, 0.2) is 18.2 Å². The Morgan fingerprint density at radius 1 is 1.24 bits per heavy atom. The molecule has 2 amide bonds. The molecule has 0 aliphatic heterocycles. The summed E-state index contributed by atoms with van der Waals surface area (Å²) in [5.74, 6) is 0.178. The predicted molar refractivity (Wildman–Crippen MR) is 85.5 cm³/mol. The normalized spacial score (nSPS) is 22.4. The smallest absolute Gasteiger partial charge is 0.319 e. The van der Waals surface area contributed by atoms with Crippen LogP contribution in [0.2, 0.25) is 0 Å². The number of carbonyl (C=O) groups is 1. The zero-order chi connectivity index (χ0) is 15.2. The number of carbonyl (C=O) groups excluding carboxylic acids is 1. The summed E-state index contributed by atoms with van der Waals surface area (Å²) >= 11 is 0. The Morgan fingerprint density at radius 2 is 2.00 bits per heavy atom. The van der Waals surface area contributed by atoms with Crippen molar-refractivity contribution >= 4 is 11.7 Å². The highest BCUT2D eigenvalue weighted by molar-refractivity contribution is 5.90. The fourth-order valence-electron chi connectivity index (χ4n) is 3.07. The van der Waals surface area contributed by atoms with E-state index < -0.39 is 0 Å². The van der Waals surface area contributed by atoms with Crippen molar-refractivity contribution in [1.29, 1.82) is 0 Å². The van der Waals surface area contributed by atoms with E-state index in [1.807, 2.05) is 26.0 Å². The number of urea groups is 1. The number of aryl methyl sites for hydroxylation is 2. The Labute approximate surface area is 126 Å². The Kier molecular flexibility index (Phi) is 5.62. The highest BCUT2D eigenvalue weighted by atomic mass is 16.3. The van der Waals surface area contributed by atoms with Crippen molar-refractivity contribution in [2.24, 2.45) is 5.92 Å². The third-order valence-corrected chi connectivity index (χ3v) is 4.34. The second-order valence-corrected chi connectivity index (χ2v) is 6.10. The summed E-state index contributed by atoms with van der Waals surface area (Å²) in [5, 5.41) is 15.5. The predicted octanol–water partition coefficient (Wildman–Crippen LogP) is 3.37. The molecule has 2 unspecified atom stereocenters. The summed E-state index contributed by atoms with van der Waals surface area (Å²) in [7, 11) is 0. The van der Waals surface area contributed by atoms with Crippen LogP contribution in [0.5, 0.6) is 0 Å². The summed E-state index contributed by atoms with van der Waals surface area (Å²) in [4.78, 5) is 12.2. The van der Waals surface area contributed by atoms with Gasteiger partial charge in [-0.25, -0.2) is 4.79 Å². The molecule has 21 heavy (non-hydrogen) atoms. The van der Waals surface area contributed by atoms with Crippen LogP contribution in [0, 0.1) is 19.8 Å². The molecule has 0 heterocycles. The highest BCUT2D eigenvalue weighted by Crippen LogP contribution is 2.23. The quantitative estimate of drug-likeness (QED) is 0.747. The van der Waals surface area contributed by atoms with Gasteiger partial charge in [0.05, 0.1) is 0 Å². The standard InChI is InChI=1S/C17H26N2O2/c1-12-8-9-15(13(2)10-12)18-17(21)19-16-7-5-3-4-6-14(16)11-20/h8-10,14,16,20H,3-7,11H2,1-2H3,(H2,18,19,21). The Bertz CT molecular complexity index is 488. The molecule has 0 radical (unpaired) electrons. The van der Waals surface area contributed by atoms with Crippen LogP contribution in [0.1, 0.15) is 43.2 Å². The maximum absolute atomic E-state index is 12.2. The molecular formula is C17H26N2O2. The fraction of sp³-hybridized carbons (Fsp3) is 0.588. The molecule has 1 aromatic carbocycles. The monoisotopic (exact) mass is 290 g/mol. The van der Waals surface area contributed by atoms with Crippen molar-refractivity contribution in [3.8, 4) is 0 Å². The average molecular weight is 290 g/mol. The number of anilines is 1. The van der Waals surface area contributed by atoms with Gasteiger partial charge < -0.3 is 15.7 Å². The summed E-state index contributed by atoms with van der Waals surface area (Å²) < 4.78 is 0. The van der Waals surface area contributed by atoms with Gasteiger partial charge in [0.15, 0.2) is 0 Å². The van der Waals surface area contributed by atoms with E-state index in [0.29, 0.717) is 0 Å². The first-order valence-electron chi connectivity index (χ1n) is 7.86. The van der Waals surface area contributed by atoms with Crippen molar-refractivity contribution in [2.75, 3.05) is 11.9 Å². The van der Waals surface area contributed by atoms with Crippen LogP contribution < -0.4 is 10.6 Å². The first kappa shape index (κ1) is 15.8. The molecule has 1 aromatic rings. The Morgan fingerprint density at radius 3 is 2.71 bits per heavy atom. The van der Waals surface area contributed by atoms with Gasteiger partial charge in [0.2, 0.25) is 0 Å². The lowest BCUT2D eigenvalue weighted by Gasteiger charge is -2.24. The number of aliphatic hydroxyl groups excluding tert-OH is 1. The van der Waals surface area contributed by atoms with Gasteiger partial charge >= 0.3 is 6.03 Å². The van der Waals surface area contributed by atoms with Gasteiger partial charge in [-0.1, -0.05) is 37.0 Å². The minimum atomic E-state index is -0.174. The Balaban J connectivity index is 1.96. The van der Waals surface area contributed by atoms with Crippen LogP contribution in [0.3, 0.4) is 0 Å². The van der Waals surface area contributed by atoms with Crippen LogP contribution in [-0.4, -0.2) is 23.8 Å². The molecule has 4 heteroatoms. The molecule has 1 saturated carbocycles. The molecule has 0 bridgehead atoms. The van der Waals surface area contributed by atoms with Gasteiger partial charge in [-0.15, -0.1) is 0 Å². The van der Waals surface area contributed by atoms with Crippen LogP contribution in [-0.2, 0) is 0 Å². The molecular weight excluding hydrogens is 264 g/mol. The molecule has 1 aliphatic rings. The van der Waals surface area contributed by atoms with Crippen molar-refractivity contribution in [1.82, 2.24) is 5.32 Å². The first-order valence-corrected chi connectivity index (χ1v) is 7.86. The van der Waals surface area contributed by atoms with E-state index in [4.69, 9.17) is 0 Å². The average Bonchev–Trinajstić information content (AvgIpc) is 2.67. The van der Waals surface area contributed by atoms with E-state index in [0.717, 1.165) is 36.9 Å². The number of aliphatic hydroxyl groups is 1. The van der Waals surface area contributed by atoms with Crippen molar-refractivity contribution < 1.29 is 9.90 Å². The maximum Gasteiger partial charge on any atom is 0.319 e. The molecule has 1 fully saturated rings. The van der Waals surface area contributed by atoms with Crippen LogP contribution in [0.4, 0.5) is 10.5 Å². The van der Waals surface area contributed by atoms with Gasteiger partial charge in [0.1, 0.15) is 0 Å². The fourth-order valence-corrected chi connectivity index (χ4v) is 3.07. The third kappa shape index (κ3) is 4.46. The van der Waals surface area contributed by atoms with Crippen LogP contribution in [0.25, 0.3) is 0 Å². The van der Waals surface area contributed by atoms with E-state index in [1.165, 1.54) is 12.0 Å². The lowest BCUT2D eigenvalue weighted by atomic mass is 9.96. The summed E-state index contributed by atoms with van der Waals surface area (Å²) in [6.45, 7) is 4.17. The minimum Gasteiger partial charge on any atom is -0.396 e.